The van der Waals surface area contributed by atoms with E-state index in [0.29, 0.717) is 40.2 Å². The predicted octanol–water partition coefficient (Wildman–Crippen LogP) is 3.46. The Kier molecular flexibility index (Phi) is 5.14. The highest BCUT2D eigenvalue weighted by Crippen LogP contribution is 2.38. The molecule has 112 valence electrons. The van der Waals surface area contributed by atoms with Crippen molar-refractivity contribution in [1.29, 1.82) is 0 Å². The van der Waals surface area contributed by atoms with E-state index in [2.05, 4.69) is 5.32 Å². The normalized spacial score (nSPS) is 16.2. The van der Waals surface area contributed by atoms with Crippen LogP contribution in [0.25, 0.3) is 6.08 Å². The van der Waals surface area contributed by atoms with Crippen molar-refractivity contribution in [1.82, 2.24) is 5.32 Å². The summed E-state index contributed by atoms with van der Waals surface area (Å²) in [5, 5.41) is 2.21. The minimum absolute atomic E-state index is 0.322. The zero-order chi connectivity index (χ0) is 15.4. The topological polar surface area (TPSA) is 64.6 Å². The van der Waals surface area contributed by atoms with Gasteiger partial charge in [0.05, 0.1) is 23.1 Å². The van der Waals surface area contributed by atoms with Crippen molar-refractivity contribution in [2.75, 3.05) is 13.2 Å². The van der Waals surface area contributed by atoms with Crippen molar-refractivity contribution >= 4 is 40.6 Å². The maximum atomic E-state index is 11.5. The number of benzene rings is 1. The van der Waals surface area contributed by atoms with Crippen LogP contribution in [0.4, 0.5) is 4.79 Å². The van der Waals surface area contributed by atoms with E-state index in [1.165, 1.54) is 0 Å². The number of imide groups is 1. The molecule has 0 spiro atoms. The SMILES string of the molecule is CCOc1cc(/C=C2/SC(=O)NC2=O)cc(Cl)c1OCC. The summed E-state index contributed by atoms with van der Waals surface area (Å²) in [4.78, 5) is 23.0. The molecule has 0 unspecified atom stereocenters. The molecule has 0 radical (unpaired) electrons. The van der Waals surface area contributed by atoms with Crippen molar-refractivity contribution in [3.63, 3.8) is 0 Å². The monoisotopic (exact) mass is 327 g/mol. The van der Waals surface area contributed by atoms with Gasteiger partial charge in [-0.15, -0.1) is 0 Å². The van der Waals surface area contributed by atoms with E-state index in [1.54, 1.807) is 18.2 Å². The number of carbonyl (C=O) groups excluding carboxylic acids is 2. The highest BCUT2D eigenvalue weighted by atomic mass is 35.5. The number of nitrogens with one attached hydrogen (secondary N) is 1. The third-order valence-electron chi connectivity index (χ3n) is 2.56. The first-order chi connectivity index (χ1) is 10.0. The van der Waals surface area contributed by atoms with E-state index in [9.17, 15) is 9.59 Å². The van der Waals surface area contributed by atoms with Gasteiger partial charge in [-0.25, -0.2) is 0 Å². The van der Waals surface area contributed by atoms with Gasteiger partial charge in [-0.3, -0.25) is 14.9 Å². The molecule has 1 N–H and O–H groups in total. The lowest BCUT2D eigenvalue weighted by molar-refractivity contribution is -0.115. The highest BCUT2D eigenvalue weighted by molar-refractivity contribution is 8.18. The minimum Gasteiger partial charge on any atom is -0.490 e. The Morgan fingerprint density at radius 1 is 1.24 bits per heavy atom. The summed E-state index contributed by atoms with van der Waals surface area (Å²) in [5.74, 6) is 0.573. The summed E-state index contributed by atoms with van der Waals surface area (Å²) >= 11 is 7.05. The maximum Gasteiger partial charge on any atom is 0.290 e. The largest absolute Gasteiger partial charge is 0.490 e. The molecule has 21 heavy (non-hydrogen) atoms. The van der Waals surface area contributed by atoms with Crippen LogP contribution >= 0.6 is 23.4 Å². The van der Waals surface area contributed by atoms with Crippen LogP contribution < -0.4 is 14.8 Å². The average Bonchev–Trinajstić information content (AvgIpc) is 2.72. The van der Waals surface area contributed by atoms with Crippen LogP contribution in [0.3, 0.4) is 0 Å². The molecule has 0 aromatic heterocycles. The van der Waals surface area contributed by atoms with Gasteiger partial charge in [0.15, 0.2) is 11.5 Å². The number of amides is 2. The molecular weight excluding hydrogens is 314 g/mol. The number of rotatable bonds is 5. The van der Waals surface area contributed by atoms with Gasteiger partial charge in [0, 0.05) is 0 Å². The maximum absolute atomic E-state index is 11.5. The Balaban J connectivity index is 2.39. The van der Waals surface area contributed by atoms with E-state index in [0.717, 1.165) is 11.8 Å². The molecule has 0 bridgehead atoms. The Morgan fingerprint density at radius 3 is 2.52 bits per heavy atom. The molecule has 0 saturated carbocycles. The first-order valence-electron chi connectivity index (χ1n) is 6.39. The Hall–Kier alpha value is -1.66. The number of ether oxygens (including phenoxy) is 2. The summed E-state index contributed by atoms with van der Waals surface area (Å²) < 4.78 is 11.0. The third-order valence-corrected chi connectivity index (χ3v) is 3.65. The molecule has 2 amide bonds. The van der Waals surface area contributed by atoms with Gasteiger partial charge < -0.3 is 9.47 Å². The Bertz CT molecular complexity index is 615. The van der Waals surface area contributed by atoms with E-state index in [-0.39, 0.29) is 5.24 Å². The minimum atomic E-state index is -0.409. The van der Waals surface area contributed by atoms with Crippen LogP contribution in [0.5, 0.6) is 11.5 Å². The lowest BCUT2D eigenvalue weighted by Gasteiger charge is -2.13. The number of hydrogen-bond acceptors (Lipinski definition) is 5. The van der Waals surface area contributed by atoms with Crippen LogP contribution in [0.2, 0.25) is 5.02 Å². The summed E-state index contributed by atoms with van der Waals surface area (Å²) in [5.41, 5.74) is 0.666. The molecule has 7 heteroatoms. The van der Waals surface area contributed by atoms with E-state index >= 15 is 0 Å². The van der Waals surface area contributed by atoms with Crippen LogP contribution in [0.1, 0.15) is 19.4 Å². The van der Waals surface area contributed by atoms with Gasteiger partial charge in [0.25, 0.3) is 11.1 Å². The van der Waals surface area contributed by atoms with Crippen LogP contribution in [0.15, 0.2) is 17.0 Å². The fourth-order valence-electron chi connectivity index (χ4n) is 1.79. The van der Waals surface area contributed by atoms with Crippen LogP contribution in [-0.4, -0.2) is 24.4 Å². The first kappa shape index (κ1) is 15.7. The molecule has 1 aliphatic rings. The van der Waals surface area contributed by atoms with E-state index in [1.807, 2.05) is 13.8 Å². The van der Waals surface area contributed by atoms with E-state index in [4.69, 9.17) is 21.1 Å². The molecule has 1 heterocycles. The Labute approximate surface area is 131 Å². The molecule has 1 aliphatic heterocycles. The smallest absolute Gasteiger partial charge is 0.290 e. The molecule has 0 aliphatic carbocycles. The second-order valence-corrected chi connectivity index (χ2v) is 5.47. The van der Waals surface area contributed by atoms with Crippen LogP contribution in [-0.2, 0) is 4.79 Å². The fraction of sp³-hybridized carbons (Fsp3) is 0.286. The summed E-state index contributed by atoms with van der Waals surface area (Å²) in [6, 6.07) is 3.39. The van der Waals surface area contributed by atoms with Gasteiger partial charge in [-0.05, 0) is 49.4 Å². The second kappa shape index (κ2) is 6.87. The molecule has 1 aromatic rings. The van der Waals surface area contributed by atoms with Crippen molar-refractivity contribution in [3.8, 4) is 11.5 Å². The summed E-state index contributed by atoms with van der Waals surface area (Å²) in [7, 11) is 0. The highest BCUT2D eigenvalue weighted by Gasteiger charge is 2.25. The lowest BCUT2D eigenvalue weighted by Crippen LogP contribution is -2.17. The number of halogens is 1. The zero-order valence-electron chi connectivity index (χ0n) is 11.6. The predicted molar refractivity (Wildman–Crippen MR) is 82.9 cm³/mol. The van der Waals surface area contributed by atoms with Gasteiger partial charge in [-0.1, -0.05) is 11.6 Å². The third kappa shape index (κ3) is 3.71. The van der Waals surface area contributed by atoms with Gasteiger partial charge in [-0.2, -0.15) is 0 Å². The Morgan fingerprint density at radius 2 is 1.95 bits per heavy atom. The van der Waals surface area contributed by atoms with Gasteiger partial charge >= 0.3 is 0 Å². The molecule has 1 aromatic carbocycles. The molecule has 5 nitrogen and oxygen atoms in total. The summed E-state index contributed by atoms with van der Waals surface area (Å²) in [6.07, 6.45) is 1.59. The molecule has 1 saturated heterocycles. The van der Waals surface area contributed by atoms with Gasteiger partial charge in [0.2, 0.25) is 0 Å². The average molecular weight is 328 g/mol. The first-order valence-corrected chi connectivity index (χ1v) is 7.58. The van der Waals surface area contributed by atoms with Crippen molar-refractivity contribution in [2.45, 2.75) is 13.8 Å². The van der Waals surface area contributed by atoms with Crippen LogP contribution in [0, 0.1) is 0 Å². The molecule has 0 atom stereocenters. The van der Waals surface area contributed by atoms with Crippen molar-refractivity contribution < 1.29 is 19.1 Å². The van der Waals surface area contributed by atoms with Crippen molar-refractivity contribution in [2.24, 2.45) is 0 Å². The fourth-order valence-corrected chi connectivity index (χ4v) is 2.75. The van der Waals surface area contributed by atoms with E-state index < -0.39 is 5.91 Å². The quantitative estimate of drug-likeness (QED) is 0.839. The standard InChI is InChI=1S/C14H14ClNO4S/c1-3-19-10-6-8(5-9(15)12(10)20-4-2)7-11-13(17)16-14(18)21-11/h5-7H,3-4H2,1-2H3,(H,16,17,18)/b11-7+. The summed E-state index contributed by atoms with van der Waals surface area (Å²) in [6.45, 7) is 4.64. The second-order valence-electron chi connectivity index (χ2n) is 4.05. The molecular formula is C14H14ClNO4S. The lowest BCUT2D eigenvalue weighted by atomic mass is 10.2. The molecule has 1 fully saturated rings. The molecule has 2 rings (SSSR count). The number of thioether (sulfide) groups is 1. The number of carbonyl (C=O) groups is 2. The van der Waals surface area contributed by atoms with Crippen molar-refractivity contribution in [3.05, 3.63) is 27.6 Å². The zero-order valence-corrected chi connectivity index (χ0v) is 13.1. The number of hydrogen-bond donors (Lipinski definition) is 1. The van der Waals surface area contributed by atoms with Gasteiger partial charge in [0.1, 0.15) is 0 Å².